The summed E-state index contributed by atoms with van der Waals surface area (Å²) in [6.45, 7) is 2.08. The van der Waals surface area contributed by atoms with Crippen molar-refractivity contribution in [3.05, 3.63) is 54.2 Å². The molecule has 0 spiro atoms. The molecule has 0 atom stereocenters. The van der Waals surface area contributed by atoms with Crippen molar-refractivity contribution in [1.29, 1.82) is 0 Å². The van der Waals surface area contributed by atoms with E-state index in [4.69, 9.17) is 9.47 Å². The molecule has 0 N–H and O–H groups in total. The molecule has 116 valence electrons. The van der Waals surface area contributed by atoms with Crippen LogP contribution < -0.4 is 4.74 Å². The van der Waals surface area contributed by atoms with Gasteiger partial charge in [-0.05, 0) is 18.6 Å². The van der Waals surface area contributed by atoms with Crippen LogP contribution in [0.15, 0.2) is 48.7 Å². The summed E-state index contributed by atoms with van der Waals surface area (Å²) in [6, 6.07) is 13.2. The highest BCUT2D eigenvalue weighted by atomic mass is 16.5. The number of methoxy groups -OCH3 is 1. The zero-order valence-electron chi connectivity index (χ0n) is 12.9. The van der Waals surface area contributed by atoms with E-state index in [2.05, 4.69) is 9.97 Å². The number of ether oxygens (including phenoxy) is 2. The average Bonchev–Trinajstić information content (AvgIpc) is 2.61. The SMILES string of the molecule is CCOC(=O)c1cnc2ccc(OC)nc2c1-c1ccccc1. The maximum Gasteiger partial charge on any atom is 0.340 e. The molecule has 0 fully saturated rings. The van der Waals surface area contributed by atoms with Crippen molar-refractivity contribution in [3.63, 3.8) is 0 Å². The highest BCUT2D eigenvalue weighted by molar-refractivity contribution is 6.05. The fraction of sp³-hybridized carbons (Fsp3) is 0.167. The molecule has 0 saturated heterocycles. The van der Waals surface area contributed by atoms with Gasteiger partial charge in [0.05, 0.1) is 24.8 Å². The first-order chi connectivity index (χ1) is 11.2. The molecule has 23 heavy (non-hydrogen) atoms. The van der Waals surface area contributed by atoms with Crippen LogP contribution in [0.4, 0.5) is 0 Å². The van der Waals surface area contributed by atoms with Gasteiger partial charge in [0.25, 0.3) is 0 Å². The van der Waals surface area contributed by atoms with E-state index in [1.807, 2.05) is 36.4 Å². The largest absolute Gasteiger partial charge is 0.481 e. The van der Waals surface area contributed by atoms with Gasteiger partial charge in [-0.15, -0.1) is 0 Å². The van der Waals surface area contributed by atoms with Crippen LogP contribution in [0.25, 0.3) is 22.2 Å². The summed E-state index contributed by atoms with van der Waals surface area (Å²) in [5.74, 6) is 0.0582. The number of esters is 1. The quantitative estimate of drug-likeness (QED) is 0.690. The smallest absolute Gasteiger partial charge is 0.340 e. The van der Waals surface area contributed by atoms with Gasteiger partial charge in [0, 0.05) is 17.8 Å². The number of carbonyl (C=O) groups excluding carboxylic acids is 1. The molecule has 0 aliphatic heterocycles. The Hall–Kier alpha value is -2.95. The molecular formula is C18H16N2O3. The maximum absolute atomic E-state index is 12.3. The van der Waals surface area contributed by atoms with Gasteiger partial charge in [0.1, 0.15) is 5.52 Å². The predicted molar refractivity (Wildman–Crippen MR) is 87.5 cm³/mol. The van der Waals surface area contributed by atoms with Crippen LogP contribution in [0.1, 0.15) is 17.3 Å². The monoisotopic (exact) mass is 308 g/mol. The Labute approximate surface area is 133 Å². The van der Waals surface area contributed by atoms with Crippen molar-refractivity contribution in [2.24, 2.45) is 0 Å². The van der Waals surface area contributed by atoms with Crippen molar-refractivity contribution in [2.45, 2.75) is 6.92 Å². The second kappa shape index (κ2) is 6.44. The van der Waals surface area contributed by atoms with E-state index in [0.717, 1.165) is 5.56 Å². The van der Waals surface area contributed by atoms with Crippen LogP contribution in [0.5, 0.6) is 5.88 Å². The summed E-state index contributed by atoms with van der Waals surface area (Å²) in [4.78, 5) is 21.1. The molecule has 3 aromatic rings. The van der Waals surface area contributed by atoms with Crippen LogP contribution in [0, 0.1) is 0 Å². The molecule has 2 aromatic heterocycles. The first-order valence-corrected chi connectivity index (χ1v) is 7.31. The summed E-state index contributed by atoms with van der Waals surface area (Å²) < 4.78 is 10.4. The minimum Gasteiger partial charge on any atom is -0.481 e. The van der Waals surface area contributed by atoms with E-state index >= 15 is 0 Å². The van der Waals surface area contributed by atoms with Crippen LogP contribution >= 0.6 is 0 Å². The molecule has 0 amide bonds. The van der Waals surface area contributed by atoms with Crippen LogP contribution in [-0.4, -0.2) is 29.7 Å². The Kier molecular flexibility index (Phi) is 4.19. The van der Waals surface area contributed by atoms with Gasteiger partial charge < -0.3 is 9.47 Å². The number of pyridine rings is 2. The highest BCUT2D eigenvalue weighted by Gasteiger charge is 2.19. The van der Waals surface area contributed by atoms with E-state index in [-0.39, 0.29) is 0 Å². The number of hydrogen-bond donors (Lipinski definition) is 0. The lowest BCUT2D eigenvalue weighted by Crippen LogP contribution is -2.08. The number of benzene rings is 1. The van der Waals surface area contributed by atoms with Gasteiger partial charge in [0.15, 0.2) is 0 Å². The topological polar surface area (TPSA) is 61.3 Å². The van der Waals surface area contributed by atoms with E-state index in [1.54, 1.807) is 20.1 Å². The number of rotatable bonds is 4. The summed E-state index contributed by atoms with van der Waals surface area (Å²) >= 11 is 0. The van der Waals surface area contributed by atoms with Crippen molar-refractivity contribution < 1.29 is 14.3 Å². The molecule has 0 aliphatic carbocycles. The van der Waals surface area contributed by atoms with Crippen molar-refractivity contribution in [1.82, 2.24) is 9.97 Å². The van der Waals surface area contributed by atoms with Crippen LogP contribution in [-0.2, 0) is 4.74 Å². The molecule has 1 aromatic carbocycles. The lowest BCUT2D eigenvalue weighted by Gasteiger charge is -2.12. The van der Waals surface area contributed by atoms with Gasteiger partial charge in [0.2, 0.25) is 5.88 Å². The first-order valence-electron chi connectivity index (χ1n) is 7.31. The Morgan fingerprint density at radius 2 is 1.91 bits per heavy atom. The second-order valence-electron chi connectivity index (χ2n) is 4.85. The third-order valence-corrected chi connectivity index (χ3v) is 3.45. The van der Waals surface area contributed by atoms with Crippen molar-refractivity contribution in [2.75, 3.05) is 13.7 Å². The molecule has 0 radical (unpaired) electrons. The number of hydrogen-bond acceptors (Lipinski definition) is 5. The third kappa shape index (κ3) is 2.85. The van der Waals surface area contributed by atoms with Gasteiger partial charge in [-0.1, -0.05) is 30.3 Å². The van der Waals surface area contributed by atoms with Crippen LogP contribution in [0.3, 0.4) is 0 Å². The molecule has 5 nitrogen and oxygen atoms in total. The maximum atomic E-state index is 12.3. The highest BCUT2D eigenvalue weighted by Crippen LogP contribution is 2.31. The van der Waals surface area contributed by atoms with E-state index in [0.29, 0.717) is 34.6 Å². The molecule has 0 bridgehead atoms. The van der Waals surface area contributed by atoms with Gasteiger partial charge in [-0.2, -0.15) is 0 Å². The lowest BCUT2D eigenvalue weighted by atomic mass is 9.99. The molecule has 2 heterocycles. The summed E-state index contributed by atoms with van der Waals surface area (Å²) in [5, 5.41) is 0. The number of carbonyl (C=O) groups is 1. The van der Waals surface area contributed by atoms with E-state index in [1.165, 1.54) is 6.20 Å². The third-order valence-electron chi connectivity index (χ3n) is 3.45. The van der Waals surface area contributed by atoms with E-state index < -0.39 is 5.97 Å². The van der Waals surface area contributed by atoms with Gasteiger partial charge in [-0.25, -0.2) is 9.78 Å². The standard InChI is InChI=1S/C18H16N2O3/c1-3-23-18(21)13-11-19-14-9-10-15(22-2)20-17(14)16(13)12-7-5-4-6-8-12/h4-11H,3H2,1-2H3. The van der Waals surface area contributed by atoms with Crippen molar-refractivity contribution >= 4 is 17.0 Å². The minimum atomic E-state index is -0.412. The zero-order chi connectivity index (χ0) is 16.2. The summed E-state index contributed by atoms with van der Waals surface area (Å²) in [5.41, 5.74) is 3.28. The average molecular weight is 308 g/mol. The Morgan fingerprint density at radius 1 is 1.13 bits per heavy atom. The van der Waals surface area contributed by atoms with Gasteiger partial charge >= 0.3 is 5.97 Å². The van der Waals surface area contributed by atoms with E-state index in [9.17, 15) is 4.79 Å². The number of aromatic nitrogens is 2. The fourth-order valence-corrected chi connectivity index (χ4v) is 2.42. The fourth-order valence-electron chi connectivity index (χ4n) is 2.42. The normalized spacial score (nSPS) is 10.5. The molecule has 3 rings (SSSR count). The number of fused-ring (bicyclic) bond motifs is 1. The first kappa shape index (κ1) is 15.0. The zero-order valence-corrected chi connectivity index (χ0v) is 12.9. The Balaban J connectivity index is 2.33. The Bertz CT molecular complexity index is 848. The van der Waals surface area contributed by atoms with Gasteiger partial charge in [-0.3, -0.25) is 4.98 Å². The predicted octanol–water partition coefficient (Wildman–Crippen LogP) is 3.48. The Morgan fingerprint density at radius 3 is 2.61 bits per heavy atom. The van der Waals surface area contributed by atoms with Crippen LogP contribution in [0.2, 0.25) is 0 Å². The number of nitrogens with zero attached hydrogens (tertiary/aromatic N) is 2. The minimum absolute atomic E-state index is 0.302. The molecular weight excluding hydrogens is 292 g/mol. The molecule has 5 heteroatoms. The molecule has 0 saturated carbocycles. The molecule has 0 unspecified atom stereocenters. The summed E-state index contributed by atoms with van der Waals surface area (Å²) in [6.07, 6.45) is 1.54. The lowest BCUT2D eigenvalue weighted by molar-refractivity contribution is 0.0527. The second-order valence-corrected chi connectivity index (χ2v) is 4.85. The van der Waals surface area contributed by atoms with Crippen molar-refractivity contribution in [3.8, 4) is 17.0 Å². The molecule has 0 aliphatic rings. The summed E-state index contributed by atoms with van der Waals surface area (Å²) in [7, 11) is 1.55.